The summed E-state index contributed by atoms with van der Waals surface area (Å²) in [6.07, 6.45) is 0. The molecule has 0 amide bonds. The van der Waals surface area contributed by atoms with Gasteiger partial charge >= 0.3 is 0 Å². The Labute approximate surface area is 169 Å². The number of halogens is 1. The molecule has 3 heterocycles. The predicted octanol–water partition coefficient (Wildman–Crippen LogP) is 4.89. The summed E-state index contributed by atoms with van der Waals surface area (Å²) in [6, 6.07) is 11.9. The molecule has 1 saturated heterocycles. The lowest BCUT2D eigenvalue weighted by molar-refractivity contribution is 0.419. The van der Waals surface area contributed by atoms with E-state index in [9.17, 15) is 0 Å². The number of piperazine rings is 1. The summed E-state index contributed by atoms with van der Waals surface area (Å²) in [7, 11) is 1.69. The lowest BCUT2D eigenvalue weighted by atomic mass is 10.3. The van der Waals surface area contributed by atoms with Gasteiger partial charge in [-0.05, 0) is 30.3 Å². The van der Waals surface area contributed by atoms with Crippen LogP contribution in [0.25, 0.3) is 20.4 Å². The van der Waals surface area contributed by atoms with Crippen LogP contribution >= 0.6 is 34.3 Å². The summed E-state index contributed by atoms with van der Waals surface area (Å²) in [4.78, 5) is 14.3. The fourth-order valence-electron chi connectivity index (χ4n) is 3.32. The van der Waals surface area contributed by atoms with E-state index < -0.39 is 0 Å². The maximum atomic E-state index is 6.10. The average molecular weight is 417 g/mol. The van der Waals surface area contributed by atoms with Crippen molar-refractivity contribution in [2.75, 3.05) is 43.1 Å². The molecular weight excluding hydrogens is 400 g/mol. The largest absolute Gasteiger partial charge is 0.494 e. The van der Waals surface area contributed by atoms with Crippen LogP contribution in [0.2, 0.25) is 5.02 Å². The minimum Gasteiger partial charge on any atom is -0.494 e. The number of nitrogens with zero attached hydrogens (tertiary/aromatic N) is 4. The first-order valence-corrected chi connectivity index (χ1v) is 10.7. The van der Waals surface area contributed by atoms with Gasteiger partial charge < -0.3 is 14.5 Å². The van der Waals surface area contributed by atoms with E-state index in [1.807, 2.05) is 30.3 Å². The van der Waals surface area contributed by atoms with Crippen molar-refractivity contribution in [3.8, 4) is 5.75 Å². The van der Waals surface area contributed by atoms with Crippen LogP contribution in [0.1, 0.15) is 0 Å². The lowest BCUT2D eigenvalue weighted by Gasteiger charge is -2.34. The number of ether oxygens (including phenoxy) is 1. The Morgan fingerprint density at radius 2 is 1.63 bits per heavy atom. The molecule has 1 fully saturated rings. The van der Waals surface area contributed by atoms with Gasteiger partial charge in [0.2, 0.25) is 0 Å². The molecule has 138 valence electrons. The van der Waals surface area contributed by atoms with Gasteiger partial charge in [-0.2, -0.15) is 0 Å². The molecule has 0 unspecified atom stereocenters. The molecule has 0 bridgehead atoms. The topological polar surface area (TPSA) is 41.5 Å². The second-order valence-corrected chi connectivity index (χ2v) is 8.84. The Morgan fingerprint density at radius 3 is 2.37 bits per heavy atom. The van der Waals surface area contributed by atoms with Crippen molar-refractivity contribution in [1.29, 1.82) is 0 Å². The third-order valence-corrected chi connectivity index (χ3v) is 7.15. The molecule has 27 heavy (non-hydrogen) atoms. The molecule has 2 aromatic heterocycles. The van der Waals surface area contributed by atoms with E-state index in [4.69, 9.17) is 26.3 Å². The van der Waals surface area contributed by atoms with Crippen molar-refractivity contribution < 1.29 is 4.74 Å². The van der Waals surface area contributed by atoms with E-state index >= 15 is 0 Å². The summed E-state index contributed by atoms with van der Waals surface area (Å²) in [5, 5.41) is 2.89. The van der Waals surface area contributed by atoms with Gasteiger partial charge in [-0.25, -0.2) is 9.97 Å². The number of anilines is 2. The van der Waals surface area contributed by atoms with Crippen molar-refractivity contribution in [1.82, 2.24) is 9.97 Å². The molecule has 1 aliphatic heterocycles. The van der Waals surface area contributed by atoms with Gasteiger partial charge in [0.05, 0.1) is 22.0 Å². The zero-order valence-electron chi connectivity index (χ0n) is 14.7. The maximum absolute atomic E-state index is 6.10. The van der Waals surface area contributed by atoms with Crippen molar-refractivity contribution in [3.05, 3.63) is 41.4 Å². The highest BCUT2D eigenvalue weighted by atomic mass is 35.5. The average Bonchev–Trinajstić information content (AvgIpc) is 3.31. The number of aromatic nitrogens is 2. The van der Waals surface area contributed by atoms with Gasteiger partial charge in [0.15, 0.2) is 10.3 Å². The Balaban J connectivity index is 1.35. The van der Waals surface area contributed by atoms with E-state index in [2.05, 4.69) is 15.9 Å². The van der Waals surface area contributed by atoms with Crippen molar-refractivity contribution in [3.63, 3.8) is 0 Å². The number of hydrogen-bond donors (Lipinski definition) is 0. The van der Waals surface area contributed by atoms with Gasteiger partial charge in [0.25, 0.3) is 0 Å². The van der Waals surface area contributed by atoms with E-state index in [0.717, 1.165) is 67.6 Å². The first-order valence-electron chi connectivity index (χ1n) is 8.71. The minimum absolute atomic E-state index is 0.758. The van der Waals surface area contributed by atoms with Crippen LogP contribution in [0.5, 0.6) is 5.75 Å². The van der Waals surface area contributed by atoms with Gasteiger partial charge in [0, 0.05) is 31.2 Å². The number of rotatable bonds is 3. The monoisotopic (exact) mass is 416 g/mol. The predicted molar refractivity (Wildman–Crippen MR) is 115 cm³/mol. The molecular formula is C19H17ClN4OS2. The standard InChI is InChI=1S/C19H17ClN4OS2/c1-25-14-3-2-4-15-17(14)22-19(26-15)24-9-7-23(8-10-24)18-21-13-6-5-12(20)11-16(13)27-18/h2-6,11H,7-10H2,1H3. The van der Waals surface area contributed by atoms with E-state index in [1.165, 1.54) is 0 Å². The molecule has 5 nitrogen and oxygen atoms in total. The van der Waals surface area contributed by atoms with Gasteiger partial charge in [-0.1, -0.05) is 40.3 Å². The van der Waals surface area contributed by atoms with Crippen LogP contribution in [-0.2, 0) is 0 Å². The number of hydrogen-bond acceptors (Lipinski definition) is 7. The molecule has 4 aromatic rings. The number of thiazole rings is 2. The van der Waals surface area contributed by atoms with Crippen LogP contribution in [-0.4, -0.2) is 43.3 Å². The lowest BCUT2D eigenvalue weighted by Crippen LogP contribution is -2.46. The van der Waals surface area contributed by atoms with Gasteiger partial charge in [0.1, 0.15) is 11.3 Å². The van der Waals surface area contributed by atoms with Crippen molar-refractivity contribution in [2.24, 2.45) is 0 Å². The number of benzene rings is 2. The fourth-order valence-corrected chi connectivity index (χ4v) is 5.65. The molecule has 2 aromatic carbocycles. The summed E-state index contributed by atoms with van der Waals surface area (Å²) < 4.78 is 7.74. The van der Waals surface area contributed by atoms with Crippen molar-refractivity contribution in [2.45, 2.75) is 0 Å². The Bertz CT molecular complexity index is 1120. The van der Waals surface area contributed by atoms with Gasteiger partial charge in [-0.15, -0.1) is 0 Å². The SMILES string of the molecule is COc1cccc2sc(N3CCN(c4nc5ccc(Cl)cc5s4)CC3)nc12. The molecule has 0 radical (unpaired) electrons. The highest BCUT2D eigenvalue weighted by molar-refractivity contribution is 7.22. The van der Waals surface area contributed by atoms with Crippen LogP contribution in [0.3, 0.4) is 0 Å². The molecule has 0 spiro atoms. The molecule has 5 rings (SSSR count). The number of fused-ring (bicyclic) bond motifs is 2. The smallest absolute Gasteiger partial charge is 0.186 e. The molecule has 8 heteroatoms. The van der Waals surface area contributed by atoms with E-state index in [-0.39, 0.29) is 0 Å². The Kier molecular flexibility index (Phi) is 4.30. The summed E-state index contributed by atoms with van der Waals surface area (Å²) in [5.41, 5.74) is 1.96. The normalized spacial score (nSPS) is 15.0. The summed E-state index contributed by atoms with van der Waals surface area (Å²) >= 11 is 9.53. The van der Waals surface area contributed by atoms with Crippen LogP contribution in [0.4, 0.5) is 10.3 Å². The molecule has 0 N–H and O–H groups in total. The van der Waals surface area contributed by atoms with Crippen LogP contribution < -0.4 is 14.5 Å². The highest BCUT2D eigenvalue weighted by Crippen LogP contribution is 2.35. The molecule has 0 atom stereocenters. The summed E-state index contributed by atoms with van der Waals surface area (Å²) in [6.45, 7) is 3.72. The quantitative estimate of drug-likeness (QED) is 0.475. The first kappa shape index (κ1) is 17.0. The first-order chi connectivity index (χ1) is 13.2. The number of para-hydroxylation sites is 1. The molecule has 0 aliphatic carbocycles. The molecule has 1 aliphatic rings. The molecule has 0 saturated carbocycles. The third-order valence-electron chi connectivity index (χ3n) is 4.75. The van der Waals surface area contributed by atoms with E-state index in [0.29, 0.717) is 0 Å². The maximum Gasteiger partial charge on any atom is 0.186 e. The van der Waals surface area contributed by atoms with Crippen LogP contribution in [0, 0.1) is 0 Å². The minimum atomic E-state index is 0.758. The zero-order chi connectivity index (χ0) is 18.4. The summed E-state index contributed by atoms with van der Waals surface area (Å²) in [5.74, 6) is 0.835. The Hall–Kier alpha value is -2.09. The third kappa shape index (κ3) is 3.09. The highest BCUT2D eigenvalue weighted by Gasteiger charge is 2.22. The van der Waals surface area contributed by atoms with Gasteiger partial charge in [-0.3, -0.25) is 0 Å². The van der Waals surface area contributed by atoms with Crippen LogP contribution in [0.15, 0.2) is 36.4 Å². The zero-order valence-corrected chi connectivity index (χ0v) is 17.1. The Morgan fingerprint density at radius 1 is 0.926 bits per heavy atom. The van der Waals surface area contributed by atoms with E-state index in [1.54, 1.807) is 29.8 Å². The van der Waals surface area contributed by atoms with Crippen molar-refractivity contribution >= 4 is 65.0 Å². The second kappa shape index (κ2) is 6.82. The fraction of sp³-hybridized carbons (Fsp3) is 0.263. The number of methoxy groups -OCH3 is 1. The second-order valence-electron chi connectivity index (χ2n) is 6.39.